The van der Waals surface area contributed by atoms with Gasteiger partial charge in [0.25, 0.3) is 0 Å². The van der Waals surface area contributed by atoms with Gasteiger partial charge in [0.15, 0.2) is 29.6 Å². The van der Waals surface area contributed by atoms with Crippen LogP contribution < -0.4 is 9.47 Å². The number of ether oxygens (including phenoxy) is 2. The molecule has 0 bridgehead atoms. The summed E-state index contributed by atoms with van der Waals surface area (Å²) >= 11 is 1.78. The molecule has 9 heteroatoms. The van der Waals surface area contributed by atoms with Crippen LogP contribution in [0.3, 0.4) is 0 Å². The van der Waals surface area contributed by atoms with Crippen molar-refractivity contribution in [3.8, 4) is 11.5 Å². The quantitative estimate of drug-likeness (QED) is 0.347. The number of benzene rings is 1. The minimum Gasteiger partial charge on any atom is -0.493 e. The first kappa shape index (κ1) is 18.8. The second-order valence-electron chi connectivity index (χ2n) is 7.05. The van der Waals surface area contributed by atoms with Crippen LogP contribution in [0.25, 0.3) is 15.9 Å². The van der Waals surface area contributed by atoms with E-state index in [2.05, 4.69) is 15.2 Å². The number of fused-ring (bicyclic) bond motifs is 5. The number of rotatable bonds is 6. The van der Waals surface area contributed by atoms with Gasteiger partial charge in [-0.3, -0.25) is 0 Å². The van der Waals surface area contributed by atoms with E-state index in [0.717, 1.165) is 34.3 Å². The number of thiophene rings is 1. The molecule has 0 radical (unpaired) electrons. The van der Waals surface area contributed by atoms with Crippen LogP contribution in [-0.2, 0) is 24.3 Å². The molecule has 8 nitrogen and oxygen atoms in total. The summed E-state index contributed by atoms with van der Waals surface area (Å²) < 4.78 is 12.3. The number of nitrogens with zero attached hydrogens (tertiary/aromatic N) is 5. The van der Waals surface area contributed by atoms with Crippen molar-refractivity contribution in [1.82, 2.24) is 19.6 Å². The Hall–Kier alpha value is -3.20. The topological polar surface area (TPSA) is 83.1 Å². The highest BCUT2D eigenvalue weighted by Crippen LogP contribution is 2.36. The third-order valence-corrected chi connectivity index (χ3v) is 6.41. The Morgan fingerprint density at radius 2 is 2.03 bits per heavy atom. The van der Waals surface area contributed by atoms with Gasteiger partial charge in [-0.2, -0.15) is 0 Å². The van der Waals surface area contributed by atoms with Crippen molar-refractivity contribution in [2.24, 2.45) is 5.16 Å². The van der Waals surface area contributed by atoms with Gasteiger partial charge in [0.05, 0.1) is 25.8 Å². The van der Waals surface area contributed by atoms with Crippen LogP contribution in [0.1, 0.15) is 34.7 Å². The Balaban J connectivity index is 1.34. The highest BCUT2D eigenvalue weighted by Gasteiger charge is 2.20. The number of hydrogen-bond donors (Lipinski definition) is 0. The summed E-state index contributed by atoms with van der Waals surface area (Å²) in [6.07, 6.45) is 8.03. The Morgan fingerprint density at radius 3 is 2.90 bits per heavy atom. The molecule has 1 aliphatic rings. The van der Waals surface area contributed by atoms with Crippen molar-refractivity contribution >= 4 is 33.4 Å². The van der Waals surface area contributed by atoms with E-state index in [1.807, 2.05) is 18.2 Å². The average molecular weight is 423 g/mol. The molecule has 30 heavy (non-hydrogen) atoms. The maximum absolute atomic E-state index is 5.43. The van der Waals surface area contributed by atoms with Crippen LogP contribution in [0.4, 0.5) is 0 Å². The first-order valence-corrected chi connectivity index (χ1v) is 10.6. The number of hydrogen-bond acceptors (Lipinski definition) is 8. The fraction of sp³-hybridized carbons (Fsp3) is 0.333. The molecular formula is C21H21N5O3S. The third kappa shape index (κ3) is 3.35. The molecule has 0 spiro atoms. The predicted molar refractivity (Wildman–Crippen MR) is 115 cm³/mol. The number of methoxy groups -OCH3 is 2. The Morgan fingerprint density at radius 1 is 1.17 bits per heavy atom. The molecule has 0 saturated carbocycles. The van der Waals surface area contributed by atoms with Crippen molar-refractivity contribution < 1.29 is 14.3 Å². The van der Waals surface area contributed by atoms with Gasteiger partial charge in [0.1, 0.15) is 11.2 Å². The van der Waals surface area contributed by atoms with Crippen molar-refractivity contribution in [2.75, 3.05) is 14.2 Å². The Kier molecular flexibility index (Phi) is 4.96. The lowest BCUT2D eigenvalue weighted by molar-refractivity contribution is 0.126. The van der Waals surface area contributed by atoms with E-state index in [9.17, 15) is 0 Å². The fourth-order valence-electron chi connectivity index (χ4n) is 3.79. The van der Waals surface area contributed by atoms with Gasteiger partial charge in [0, 0.05) is 10.4 Å². The molecule has 0 saturated heterocycles. The van der Waals surface area contributed by atoms with E-state index >= 15 is 0 Å². The van der Waals surface area contributed by atoms with Crippen LogP contribution in [0.5, 0.6) is 11.5 Å². The van der Waals surface area contributed by atoms with Gasteiger partial charge in [0.2, 0.25) is 0 Å². The summed E-state index contributed by atoms with van der Waals surface area (Å²) in [4.78, 5) is 17.2. The Labute approximate surface area is 177 Å². The molecule has 0 fully saturated rings. The minimum atomic E-state index is 0.180. The fourth-order valence-corrected chi connectivity index (χ4v) is 5.01. The maximum atomic E-state index is 5.43. The predicted octanol–water partition coefficient (Wildman–Crippen LogP) is 3.79. The van der Waals surface area contributed by atoms with E-state index in [1.54, 1.807) is 42.6 Å². The molecule has 0 unspecified atom stereocenters. The van der Waals surface area contributed by atoms with Gasteiger partial charge in [-0.05, 0) is 49.4 Å². The van der Waals surface area contributed by atoms with E-state index in [4.69, 9.17) is 19.3 Å². The summed E-state index contributed by atoms with van der Waals surface area (Å²) in [5.41, 5.74) is 3.08. The van der Waals surface area contributed by atoms with Gasteiger partial charge >= 0.3 is 0 Å². The molecule has 1 aromatic carbocycles. The number of oxime groups is 1. The van der Waals surface area contributed by atoms with Crippen molar-refractivity contribution in [2.45, 2.75) is 32.3 Å². The molecule has 154 valence electrons. The highest BCUT2D eigenvalue weighted by atomic mass is 32.1. The maximum Gasteiger partial charge on any atom is 0.192 e. The molecular weight excluding hydrogens is 402 g/mol. The standard InChI is InChI=1S/C21H21N5O3S/c1-27-15-8-7-13(9-16(15)28-2)10-23-29-11-18-24-20-19-14-5-3-4-6-17(14)30-21(19)22-12-26(20)25-18/h7-10,12H,3-6,11H2,1-2H3. The van der Waals surface area contributed by atoms with Crippen molar-refractivity contribution in [1.29, 1.82) is 0 Å². The lowest BCUT2D eigenvalue weighted by atomic mass is 9.97. The monoisotopic (exact) mass is 423 g/mol. The van der Waals surface area contributed by atoms with E-state index in [-0.39, 0.29) is 6.61 Å². The van der Waals surface area contributed by atoms with Gasteiger partial charge in [-0.1, -0.05) is 5.16 Å². The van der Waals surface area contributed by atoms with Gasteiger partial charge in [-0.25, -0.2) is 14.5 Å². The van der Waals surface area contributed by atoms with E-state index < -0.39 is 0 Å². The summed E-state index contributed by atoms with van der Waals surface area (Å²) in [6.45, 7) is 0.180. The molecule has 0 aliphatic heterocycles. The SMILES string of the molecule is COc1ccc(C=NOCc2nc3c4c5c(sc4ncn3n2)CCCC5)cc1OC. The summed E-state index contributed by atoms with van der Waals surface area (Å²) in [6, 6.07) is 5.53. The van der Waals surface area contributed by atoms with Crippen LogP contribution in [0, 0.1) is 0 Å². The van der Waals surface area contributed by atoms with E-state index in [0.29, 0.717) is 17.3 Å². The third-order valence-electron chi connectivity index (χ3n) is 5.21. The molecule has 1 aliphatic carbocycles. The Bertz CT molecular complexity index is 1250. The zero-order valence-corrected chi connectivity index (χ0v) is 17.6. The number of aromatic nitrogens is 4. The molecule has 3 heterocycles. The largest absolute Gasteiger partial charge is 0.493 e. The van der Waals surface area contributed by atoms with Gasteiger partial charge in [-0.15, -0.1) is 16.4 Å². The van der Waals surface area contributed by atoms with Gasteiger partial charge < -0.3 is 14.3 Å². The highest BCUT2D eigenvalue weighted by molar-refractivity contribution is 7.19. The van der Waals surface area contributed by atoms with Crippen LogP contribution in [-0.4, -0.2) is 40.0 Å². The molecule has 3 aromatic heterocycles. The molecule has 5 rings (SSSR count). The molecule has 0 N–H and O–H groups in total. The normalized spacial score (nSPS) is 13.8. The lowest BCUT2D eigenvalue weighted by Crippen LogP contribution is -1.99. The van der Waals surface area contributed by atoms with Crippen molar-refractivity contribution in [3.63, 3.8) is 0 Å². The zero-order valence-electron chi connectivity index (χ0n) is 16.8. The van der Waals surface area contributed by atoms with Crippen molar-refractivity contribution in [3.05, 3.63) is 46.4 Å². The molecule has 4 aromatic rings. The second-order valence-corrected chi connectivity index (χ2v) is 8.14. The minimum absolute atomic E-state index is 0.180. The summed E-state index contributed by atoms with van der Waals surface area (Å²) in [5.74, 6) is 1.88. The molecule has 0 atom stereocenters. The van der Waals surface area contributed by atoms with Crippen LogP contribution in [0.2, 0.25) is 0 Å². The summed E-state index contributed by atoms with van der Waals surface area (Å²) in [5, 5.41) is 9.68. The second kappa shape index (κ2) is 7.91. The number of aryl methyl sites for hydroxylation is 2. The van der Waals surface area contributed by atoms with Crippen LogP contribution >= 0.6 is 11.3 Å². The average Bonchev–Trinajstić information content (AvgIpc) is 3.37. The molecule has 0 amide bonds. The lowest BCUT2D eigenvalue weighted by Gasteiger charge is -2.09. The first-order valence-electron chi connectivity index (χ1n) is 9.78. The van der Waals surface area contributed by atoms with E-state index in [1.165, 1.54) is 23.3 Å². The zero-order chi connectivity index (χ0) is 20.5. The smallest absolute Gasteiger partial charge is 0.192 e. The van der Waals surface area contributed by atoms with Crippen LogP contribution in [0.15, 0.2) is 29.7 Å². The first-order chi connectivity index (χ1) is 14.8. The summed E-state index contributed by atoms with van der Waals surface area (Å²) in [7, 11) is 3.20.